The average molecular weight is 300 g/mol. The van der Waals surface area contributed by atoms with E-state index in [0.717, 1.165) is 0 Å². The van der Waals surface area contributed by atoms with Crippen molar-refractivity contribution in [3.8, 4) is 0 Å². The molecular weight excluding hydrogens is 300 g/mol. The van der Waals surface area contributed by atoms with Gasteiger partial charge in [-0.25, -0.2) is 0 Å². The summed E-state index contributed by atoms with van der Waals surface area (Å²) in [7, 11) is -3.39. The maximum atomic E-state index is 9.69. The molecule has 0 aromatic rings. The van der Waals surface area contributed by atoms with Crippen molar-refractivity contribution in [2.75, 3.05) is 0 Å². The summed E-state index contributed by atoms with van der Waals surface area (Å²) >= 11 is -1.57. The zero-order valence-corrected chi connectivity index (χ0v) is 7.92. The minimum absolute atomic E-state index is 1.57. The summed E-state index contributed by atoms with van der Waals surface area (Å²) in [5, 5.41) is 0. The second-order valence-corrected chi connectivity index (χ2v) is 7.14. The molecule has 1 heterocycles. The van der Waals surface area contributed by atoms with Crippen LogP contribution in [0.4, 0.5) is 0 Å². The van der Waals surface area contributed by atoms with Gasteiger partial charge in [0.25, 0.3) is 0 Å². The number of hydrogen-bond donors (Lipinski definition) is 0. The van der Waals surface area contributed by atoms with Gasteiger partial charge in [0.2, 0.25) is 0 Å². The van der Waals surface area contributed by atoms with E-state index < -0.39 is 35.5 Å². The maximum absolute atomic E-state index is 9.69. The molecule has 6 heavy (non-hydrogen) atoms. The van der Waals surface area contributed by atoms with Crippen molar-refractivity contribution >= 4 is 35.5 Å². The molecule has 0 bridgehead atoms. The van der Waals surface area contributed by atoms with E-state index in [1.165, 1.54) is 0 Å². The van der Waals surface area contributed by atoms with Crippen LogP contribution in [0.2, 0.25) is 0 Å². The van der Waals surface area contributed by atoms with E-state index in [-0.39, 0.29) is 0 Å². The predicted molar refractivity (Wildman–Crippen MR) is 16.8 cm³/mol. The topological polar surface area (TPSA) is 52.6 Å². The van der Waals surface area contributed by atoms with E-state index in [1.54, 1.807) is 0 Å². The first-order valence-electron chi connectivity index (χ1n) is 1.14. The van der Waals surface area contributed by atoms with Crippen molar-refractivity contribution in [2.24, 2.45) is 0 Å². The fourth-order valence-electron chi connectivity index (χ4n) is 0.103. The Morgan fingerprint density at radius 2 is 1.67 bits per heavy atom. The van der Waals surface area contributed by atoms with Crippen LogP contribution in [0.5, 0.6) is 0 Å². The van der Waals surface area contributed by atoms with Crippen molar-refractivity contribution in [1.82, 2.24) is 0 Å². The molecule has 0 radical (unpaired) electrons. The zero-order valence-electron chi connectivity index (χ0n) is 2.62. The molecule has 33 valence electrons. The van der Waals surface area contributed by atoms with Crippen LogP contribution < -0.4 is 0 Å². The van der Waals surface area contributed by atoms with Crippen molar-refractivity contribution in [3.05, 3.63) is 0 Å². The normalized spacial score (nSPS) is 26.0. The van der Waals surface area contributed by atoms with E-state index in [2.05, 4.69) is 4.27 Å². The molecule has 0 unspecified atom stereocenters. The first-order valence-corrected chi connectivity index (χ1v) is 6.14. The zero-order chi connectivity index (χ0) is 4.62. The summed E-state index contributed by atoms with van der Waals surface area (Å²) in [5.74, 6) is 0. The molecule has 0 amide bonds. The quantitative estimate of drug-likeness (QED) is 0.528. The third kappa shape index (κ3) is 0.891. The van der Waals surface area contributed by atoms with Crippen LogP contribution in [0.15, 0.2) is 0 Å². The van der Waals surface area contributed by atoms with Gasteiger partial charge in [0.1, 0.15) is 0 Å². The average Bonchev–Trinajstić information content (AvgIpc) is 1.32. The SMILES string of the molecule is O=S1(=O)[O][Tl][O]1. The fraction of sp³-hybridized carbons (Fsp3) is 0. The van der Waals surface area contributed by atoms with Crippen molar-refractivity contribution < 1.29 is 12.7 Å². The molecule has 1 aliphatic rings. The van der Waals surface area contributed by atoms with E-state index in [9.17, 15) is 8.42 Å². The Bertz CT molecular complexity index is 122. The van der Waals surface area contributed by atoms with Gasteiger partial charge in [0, 0.05) is 0 Å². The van der Waals surface area contributed by atoms with Gasteiger partial charge in [-0.15, -0.1) is 0 Å². The first kappa shape index (κ1) is 4.94. The molecule has 1 aliphatic heterocycles. The minimum atomic E-state index is -3.39. The van der Waals surface area contributed by atoms with Gasteiger partial charge >= 0.3 is 48.2 Å². The first-order chi connectivity index (χ1) is 2.71. The van der Waals surface area contributed by atoms with Gasteiger partial charge in [-0.3, -0.25) is 0 Å². The molecule has 4 nitrogen and oxygen atoms in total. The third-order valence-electron chi connectivity index (χ3n) is 0.314. The summed E-state index contributed by atoms with van der Waals surface area (Å²) in [6.07, 6.45) is 0. The summed E-state index contributed by atoms with van der Waals surface area (Å²) < 4.78 is 27.5. The van der Waals surface area contributed by atoms with Gasteiger partial charge in [-0.05, 0) is 0 Å². The number of hydrogen-bond acceptors (Lipinski definition) is 4. The van der Waals surface area contributed by atoms with Crippen LogP contribution in [-0.4, -0.2) is 33.6 Å². The van der Waals surface area contributed by atoms with Crippen molar-refractivity contribution in [2.45, 2.75) is 0 Å². The van der Waals surface area contributed by atoms with Crippen LogP contribution >= 0.6 is 0 Å². The Kier molecular flexibility index (Phi) is 1.14. The van der Waals surface area contributed by atoms with E-state index in [4.69, 9.17) is 0 Å². The molecule has 0 aromatic carbocycles. The summed E-state index contributed by atoms with van der Waals surface area (Å²) in [6.45, 7) is 0. The van der Waals surface area contributed by atoms with Crippen LogP contribution in [-0.2, 0) is 14.7 Å². The second kappa shape index (κ2) is 1.39. The third-order valence-corrected chi connectivity index (χ3v) is 8.27. The summed E-state index contributed by atoms with van der Waals surface area (Å²) in [6, 6.07) is 0. The molecule has 6 heteroatoms. The second-order valence-electron chi connectivity index (χ2n) is 0.697. The monoisotopic (exact) mass is 301 g/mol. The van der Waals surface area contributed by atoms with Gasteiger partial charge in [-0.2, -0.15) is 0 Å². The molecule has 0 saturated carbocycles. The van der Waals surface area contributed by atoms with E-state index in [0.29, 0.717) is 0 Å². The molecular formula is O4STl. The van der Waals surface area contributed by atoms with E-state index in [1.807, 2.05) is 0 Å². The molecule has 0 aromatic heterocycles. The van der Waals surface area contributed by atoms with E-state index >= 15 is 0 Å². The molecule has 1 fully saturated rings. The standard InChI is InChI=1S/H2O4S.Tl/c1-5(2,3)4;/h(H2,1,2,3,4);/q;+2/p-2. The molecule has 0 N–H and O–H groups in total. The van der Waals surface area contributed by atoms with Gasteiger partial charge in [0.05, 0.1) is 0 Å². The van der Waals surface area contributed by atoms with Crippen molar-refractivity contribution in [3.63, 3.8) is 0 Å². The van der Waals surface area contributed by atoms with Gasteiger partial charge in [-0.1, -0.05) is 0 Å². The summed E-state index contributed by atoms with van der Waals surface area (Å²) in [4.78, 5) is 0. The Morgan fingerprint density at radius 3 is 1.67 bits per heavy atom. The van der Waals surface area contributed by atoms with Crippen LogP contribution in [0, 0.1) is 0 Å². The van der Waals surface area contributed by atoms with Gasteiger partial charge < -0.3 is 0 Å². The Morgan fingerprint density at radius 1 is 1.33 bits per heavy atom. The molecule has 1 rings (SSSR count). The molecule has 0 atom stereocenters. The Balaban J connectivity index is 2.78. The Labute approximate surface area is 48.3 Å². The summed E-state index contributed by atoms with van der Waals surface area (Å²) in [5.41, 5.74) is 0. The van der Waals surface area contributed by atoms with Crippen LogP contribution in [0.25, 0.3) is 0 Å². The Hall–Kier alpha value is 0.792. The number of rotatable bonds is 0. The molecule has 0 aliphatic carbocycles. The van der Waals surface area contributed by atoms with Gasteiger partial charge in [0.15, 0.2) is 0 Å². The van der Waals surface area contributed by atoms with Crippen LogP contribution in [0.1, 0.15) is 0 Å². The van der Waals surface area contributed by atoms with Crippen molar-refractivity contribution in [1.29, 1.82) is 0 Å². The molecule has 0 spiro atoms. The fourth-order valence-corrected chi connectivity index (χ4v) is 2.72. The van der Waals surface area contributed by atoms with Crippen LogP contribution in [0.3, 0.4) is 0 Å². The predicted octanol–water partition coefficient (Wildman–Crippen LogP) is -1.19. The molecule has 1 saturated heterocycles.